The monoisotopic (exact) mass is 425 g/mol. The summed E-state index contributed by atoms with van der Waals surface area (Å²) in [4.78, 5) is 15.2. The summed E-state index contributed by atoms with van der Waals surface area (Å²) in [6.07, 6.45) is -8.17. The molecule has 0 fully saturated rings. The van der Waals surface area contributed by atoms with Gasteiger partial charge in [-0.2, -0.15) is 26.3 Å². The molecular formula is C21H13F6NO2. The number of carbonyl (C=O) groups is 1. The number of halogens is 6. The fraction of sp³-hybridized carbons (Fsp3) is 0.143. The van der Waals surface area contributed by atoms with E-state index in [1.165, 1.54) is 36.5 Å². The predicted molar refractivity (Wildman–Crippen MR) is 96.5 cm³/mol. The maximum atomic E-state index is 12.8. The molecule has 0 aliphatic heterocycles. The molecule has 0 aliphatic rings. The minimum atomic E-state index is -4.53. The van der Waals surface area contributed by atoms with Gasteiger partial charge in [0.25, 0.3) is 0 Å². The number of pyridine rings is 1. The van der Waals surface area contributed by atoms with Crippen LogP contribution in [0.3, 0.4) is 0 Å². The molecule has 0 radical (unpaired) electrons. The van der Waals surface area contributed by atoms with Gasteiger partial charge in [0.15, 0.2) is 0 Å². The largest absolute Gasteiger partial charge is 0.481 e. The molecule has 0 unspecified atom stereocenters. The Kier molecular flexibility index (Phi) is 5.56. The van der Waals surface area contributed by atoms with Crippen LogP contribution in [-0.2, 0) is 23.6 Å². The third kappa shape index (κ3) is 4.79. The van der Waals surface area contributed by atoms with Gasteiger partial charge in [-0.05, 0) is 41.5 Å². The van der Waals surface area contributed by atoms with Gasteiger partial charge in [-0.1, -0.05) is 24.3 Å². The van der Waals surface area contributed by atoms with Crippen molar-refractivity contribution in [3.63, 3.8) is 0 Å². The van der Waals surface area contributed by atoms with E-state index in [1.54, 1.807) is 0 Å². The number of aromatic nitrogens is 1. The van der Waals surface area contributed by atoms with Crippen molar-refractivity contribution in [3.8, 4) is 22.3 Å². The van der Waals surface area contributed by atoms with Gasteiger partial charge in [0.1, 0.15) is 0 Å². The molecule has 0 aliphatic carbocycles. The number of rotatable bonds is 4. The number of alkyl halides is 6. The molecule has 0 saturated carbocycles. The van der Waals surface area contributed by atoms with Gasteiger partial charge in [-0.15, -0.1) is 0 Å². The summed E-state index contributed by atoms with van der Waals surface area (Å²) in [5.74, 6) is -1.18. The first-order valence-corrected chi connectivity index (χ1v) is 8.51. The van der Waals surface area contributed by atoms with Crippen LogP contribution in [0.15, 0.2) is 60.8 Å². The summed E-state index contributed by atoms with van der Waals surface area (Å²) in [7, 11) is 0. The second-order valence-corrected chi connectivity index (χ2v) is 6.44. The number of hydrogen-bond donors (Lipinski definition) is 1. The fourth-order valence-corrected chi connectivity index (χ4v) is 2.88. The van der Waals surface area contributed by atoms with Crippen LogP contribution >= 0.6 is 0 Å². The number of carboxylic acids is 1. The Morgan fingerprint density at radius 1 is 0.767 bits per heavy atom. The molecule has 0 atom stereocenters. The highest BCUT2D eigenvalue weighted by molar-refractivity contribution is 5.78. The van der Waals surface area contributed by atoms with Crippen molar-refractivity contribution in [2.24, 2.45) is 0 Å². The van der Waals surface area contributed by atoms with Crippen LogP contribution in [0.25, 0.3) is 22.3 Å². The molecule has 1 N–H and O–H groups in total. The van der Waals surface area contributed by atoms with Gasteiger partial charge in [0, 0.05) is 17.3 Å². The van der Waals surface area contributed by atoms with Crippen molar-refractivity contribution in [3.05, 3.63) is 77.6 Å². The Bertz CT molecular complexity index is 1050. The molecule has 1 heterocycles. The van der Waals surface area contributed by atoms with Gasteiger partial charge in [-0.25, -0.2) is 0 Å². The van der Waals surface area contributed by atoms with E-state index in [1.807, 2.05) is 0 Å². The Morgan fingerprint density at radius 3 is 1.67 bits per heavy atom. The average molecular weight is 425 g/mol. The number of carboxylic acid groups (broad SMARTS) is 1. The Hall–Kier alpha value is -3.36. The van der Waals surface area contributed by atoms with Crippen molar-refractivity contribution in [1.82, 2.24) is 4.98 Å². The van der Waals surface area contributed by atoms with E-state index in [-0.39, 0.29) is 11.3 Å². The molecule has 30 heavy (non-hydrogen) atoms. The lowest BCUT2D eigenvalue weighted by Gasteiger charge is -2.13. The van der Waals surface area contributed by atoms with E-state index in [0.29, 0.717) is 16.7 Å². The summed E-state index contributed by atoms with van der Waals surface area (Å²) in [5.41, 5.74) is -0.192. The van der Waals surface area contributed by atoms with Crippen LogP contribution in [0.1, 0.15) is 16.8 Å². The maximum absolute atomic E-state index is 12.8. The predicted octanol–water partition coefficient (Wildman–Crippen LogP) is 6.08. The first kappa shape index (κ1) is 21.4. The summed E-state index contributed by atoms with van der Waals surface area (Å²) in [6.45, 7) is 0. The highest BCUT2D eigenvalue weighted by Crippen LogP contribution is 2.34. The molecule has 156 valence electrons. The molecule has 0 saturated heterocycles. The van der Waals surface area contributed by atoms with Crippen LogP contribution in [0.4, 0.5) is 26.3 Å². The normalized spacial score (nSPS) is 12.1. The van der Waals surface area contributed by atoms with Crippen LogP contribution in [0, 0.1) is 0 Å². The molecule has 2 aromatic carbocycles. The maximum Gasteiger partial charge on any atom is 0.416 e. The minimum absolute atomic E-state index is 0.123. The number of aliphatic carboxylic acids is 1. The van der Waals surface area contributed by atoms with Crippen LogP contribution in [0.2, 0.25) is 0 Å². The van der Waals surface area contributed by atoms with E-state index in [0.717, 1.165) is 24.3 Å². The van der Waals surface area contributed by atoms with Gasteiger partial charge < -0.3 is 5.11 Å². The standard InChI is InChI=1S/C21H13F6NO2/c22-20(23,24)15-5-1-12(2-6-15)14-9-17(18(28-11-14)10-19(29)30)13-3-7-16(8-4-13)21(25,26)27/h1-9,11H,10H2,(H,29,30). The SMILES string of the molecule is O=C(O)Cc1ncc(-c2ccc(C(F)(F)F)cc2)cc1-c1ccc(C(F)(F)F)cc1. The van der Waals surface area contributed by atoms with Crippen molar-refractivity contribution >= 4 is 5.97 Å². The summed E-state index contributed by atoms with van der Waals surface area (Å²) < 4.78 is 76.7. The second-order valence-electron chi connectivity index (χ2n) is 6.44. The molecule has 3 aromatic rings. The molecular weight excluding hydrogens is 412 g/mol. The van der Waals surface area contributed by atoms with Crippen LogP contribution < -0.4 is 0 Å². The van der Waals surface area contributed by atoms with Crippen molar-refractivity contribution in [2.75, 3.05) is 0 Å². The van der Waals surface area contributed by atoms with Crippen LogP contribution in [0.5, 0.6) is 0 Å². The smallest absolute Gasteiger partial charge is 0.416 e. The Labute approximate surface area is 166 Å². The molecule has 9 heteroatoms. The first-order valence-electron chi connectivity index (χ1n) is 8.51. The van der Waals surface area contributed by atoms with E-state index in [2.05, 4.69) is 4.98 Å². The molecule has 3 rings (SSSR count). The highest BCUT2D eigenvalue weighted by atomic mass is 19.4. The van der Waals surface area contributed by atoms with Crippen molar-refractivity contribution < 1.29 is 36.2 Å². The zero-order valence-corrected chi connectivity index (χ0v) is 15.1. The number of benzene rings is 2. The topological polar surface area (TPSA) is 50.2 Å². The van der Waals surface area contributed by atoms with Crippen LogP contribution in [-0.4, -0.2) is 16.1 Å². The highest BCUT2D eigenvalue weighted by Gasteiger charge is 2.31. The van der Waals surface area contributed by atoms with Gasteiger partial charge in [-0.3, -0.25) is 9.78 Å². The molecule has 0 bridgehead atoms. The Balaban J connectivity index is 2.05. The fourth-order valence-electron chi connectivity index (χ4n) is 2.88. The molecule has 0 spiro atoms. The quantitative estimate of drug-likeness (QED) is 0.516. The molecule has 1 aromatic heterocycles. The summed E-state index contributed by atoms with van der Waals surface area (Å²) in [6, 6.07) is 9.91. The zero-order valence-electron chi connectivity index (χ0n) is 15.1. The third-order valence-corrected chi connectivity index (χ3v) is 4.36. The number of nitrogens with zero attached hydrogens (tertiary/aromatic N) is 1. The zero-order chi connectivity index (χ0) is 22.1. The van der Waals surface area contributed by atoms with Crippen molar-refractivity contribution in [2.45, 2.75) is 18.8 Å². The van der Waals surface area contributed by atoms with Crippen molar-refractivity contribution in [1.29, 1.82) is 0 Å². The molecule has 3 nitrogen and oxygen atoms in total. The minimum Gasteiger partial charge on any atom is -0.481 e. The lowest BCUT2D eigenvalue weighted by molar-refractivity contribution is -0.138. The van der Waals surface area contributed by atoms with Gasteiger partial charge in [0.2, 0.25) is 0 Å². The van der Waals surface area contributed by atoms with E-state index in [9.17, 15) is 31.1 Å². The van der Waals surface area contributed by atoms with Gasteiger partial charge >= 0.3 is 18.3 Å². The van der Waals surface area contributed by atoms with E-state index < -0.39 is 35.9 Å². The van der Waals surface area contributed by atoms with E-state index in [4.69, 9.17) is 5.11 Å². The lowest BCUT2D eigenvalue weighted by Crippen LogP contribution is -2.06. The summed E-state index contributed by atoms with van der Waals surface area (Å²) >= 11 is 0. The average Bonchev–Trinajstić information content (AvgIpc) is 2.67. The first-order chi connectivity index (χ1) is 13.9. The molecule has 0 amide bonds. The summed E-state index contributed by atoms with van der Waals surface area (Å²) in [5, 5.41) is 9.09. The number of hydrogen-bond acceptors (Lipinski definition) is 2. The second kappa shape index (κ2) is 7.81. The third-order valence-electron chi connectivity index (χ3n) is 4.36. The van der Waals surface area contributed by atoms with Gasteiger partial charge in [0.05, 0.1) is 23.2 Å². The lowest BCUT2D eigenvalue weighted by atomic mass is 9.96. The Morgan fingerprint density at radius 2 is 1.23 bits per heavy atom. The van der Waals surface area contributed by atoms with E-state index >= 15 is 0 Å².